The Labute approximate surface area is 255 Å². The molecule has 4 saturated carbocycles. The summed E-state index contributed by atoms with van der Waals surface area (Å²) in [7, 11) is 0. The van der Waals surface area contributed by atoms with Gasteiger partial charge in [-0.3, -0.25) is 0 Å². The van der Waals surface area contributed by atoms with Gasteiger partial charge < -0.3 is 19.3 Å². The Bertz CT molecular complexity index is 1060. The van der Waals surface area contributed by atoms with Crippen LogP contribution in [0, 0.1) is 46.3 Å². The minimum atomic E-state index is -0.0520. The van der Waals surface area contributed by atoms with E-state index in [1.165, 1.54) is 0 Å². The van der Waals surface area contributed by atoms with Gasteiger partial charge in [0, 0.05) is 46.4 Å². The number of nitrogens with zero attached hydrogens (tertiary/aromatic N) is 9. The molecule has 0 heterocycles. The molecule has 4 fully saturated rings. The van der Waals surface area contributed by atoms with Gasteiger partial charge in [-0.1, -0.05) is 36.1 Å². The SMILES string of the molecule is C[C@H](CCCO)[C@H]1CC[C@H]2C3[C@H](OCCN=[N+]=[N-])CC4C[C@H](OCCN=[N+]=[N-])CC[C@]4(C)[C@H]3C[C@H](OCCN=[N+]=[N-])[C@]12C. The lowest BCUT2D eigenvalue weighted by molar-refractivity contribution is -0.226. The first-order chi connectivity index (χ1) is 20.8. The van der Waals surface area contributed by atoms with E-state index in [0.717, 1.165) is 57.8 Å². The quantitative estimate of drug-likeness (QED) is 0.0835. The van der Waals surface area contributed by atoms with Crippen molar-refractivity contribution in [1.82, 2.24) is 0 Å². The van der Waals surface area contributed by atoms with E-state index < -0.39 is 0 Å². The number of rotatable bonds is 16. The zero-order valence-electron chi connectivity index (χ0n) is 26.2. The highest BCUT2D eigenvalue weighted by atomic mass is 16.5. The standard InChI is InChI=1S/C30H51N9O4/c1-20(5-4-13-40)23-6-7-24-28-25(19-27(30(23,24)3)43-16-12-36-39-33)29(2)9-8-22(41-14-10-34-37-31)17-21(29)18-26(28)42-15-11-35-38-32/h20-28,40H,4-19H2,1-3H3/t20-,21?,22-,23-,24+,25+,26-,27+,28?,29+,30-/m1/s1. The van der Waals surface area contributed by atoms with Crippen LogP contribution >= 0.6 is 0 Å². The van der Waals surface area contributed by atoms with Gasteiger partial charge in [-0.25, -0.2) is 0 Å². The zero-order chi connectivity index (χ0) is 30.9. The second-order valence-electron chi connectivity index (χ2n) is 13.8. The monoisotopic (exact) mass is 601 g/mol. The second-order valence-corrected chi connectivity index (χ2v) is 13.8. The van der Waals surface area contributed by atoms with Crippen LogP contribution in [0.5, 0.6) is 0 Å². The number of hydrogen-bond acceptors (Lipinski definition) is 7. The second kappa shape index (κ2) is 15.7. The van der Waals surface area contributed by atoms with Gasteiger partial charge in [0.1, 0.15) is 0 Å². The maximum atomic E-state index is 9.57. The zero-order valence-corrected chi connectivity index (χ0v) is 26.2. The Balaban J connectivity index is 1.65. The molecule has 4 aliphatic carbocycles. The van der Waals surface area contributed by atoms with Crippen LogP contribution in [0.15, 0.2) is 15.3 Å². The Kier molecular flexibility index (Phi) is 12.3. The molecule has 0 aliphatic heterocycles. The van der Waals surface area contributed by atoms with Crippen molar-refractivity contribution in [3.05, 3.63) is 31.3 Å². The van der Waals surface area contributed by atoms with Crippen LogP contribution in [-0.2, 0) is 14.2 Å². The van der Waals surface area contributed by atoms with E-state index in [4.69, 9.17) is 30.8 Å². The molecule has 13 nitrogen and oxygen atoms in total. The highest BCUT2D eigenvalue weighted by Gasteiger charge is 2.66. The molecule has 2 unspecified atom stereocenters. The Morgan fingerprint density at radius 2 is 1.49 bits per heavy atom. The summed E-state index contributed by atoms with van der Waals surface area (Å²) in [5, 5.41) is 20.7. The van der Waals surface area contributed by atoms with Crippen LogP contribution in [0.25, 0.3) is 31.3 Å². The number of aliphatic hydroxyl groups is 1. The molecule has 0 amide bonds. The summed E-state index contributed by atoms with van der Waals surface area (Å²) in [5.74, 6) is 2.59. The third kappa shape index (κ3) is 7.20. The maximum absolute atomic E-state index is 9.57. The van der Waals surface area contributed by atoms with Crippen molar-refractivity contribution in [1.29, 1.82) is 0 Å². The highest BCUT2D eigenvalue weighted by molar-refractivity contribution is 5.15. The van der Waals surface area contributed by atoms with Crippen LogP contribution in [0.4, 0.5) is 0 Å². The van der Waals surface area contributed by atoms with E-state index in [1.54, 1.807) is 0 Å². The van der Waals surface area contributed by atoms with Gasteiger partial charge >= 0.3 is 0 Å². The van der Waals surface area contributed by atoms with Gasteiger partial charge in [0.15, 0.2) is 0 Å². The van der Waals surface area contributed by atoms with Crippen molar-refractivity contribution < 1.29 is 19.3 Å². The number of azide groups is 3. The van der Waals surface area contributed by atoms with Gasteiger partial charge in [-0.05, 0) is 115 Å². The first-order valence-corrected chi connectivity index (χ1v) is 16.3. The molecule has 0 saturated heterocycles. The van der Waals surface area contributed by atoms with Crippen LogP contribution in [0.3, 0.4) is 0 Å². The maximum Gasteiger partial charge on any atom is 0.0637 e. The van der Waals surface area contributed by atoms with E-state index in [0.29, 0.717) is 75.0 Å². The van der Waals surface area contributed by atoms with E-state index in [-0.39, 0.29) is 35.7 Å². The van der Waals surface area contributed by atoms with Crippen molar-refractivity contribution in [2.75, 3.05) is 46.1 Å². The Morgan fingerprint density at radius 1 is 0.837 bits per heavy atom. The van der Waals surface area contributed by atoms with E-state index in [2.05, 4.69) is 50.8 Å². The molecule has 4 aliphatic rings. The minimum Gasteiger partial charge on any atom is -0.396 e. The number of hydrogen-bond donors (Lipinski definition) is 1. The Morgan fingerprint density at radius 3 is 2.14 bits per heavy atom. The number of aliphatic hydroxyl groups excluding tert-OH is 1. The largest absolute Gasteiger partial charge is 0.396 e. The molecular weight excluding hydrogens is 550 g/mol. The van der Waals surface area contributed by atoms with Gasteiger partial charge in [0.05, 0.1) is 38.1 Å². The van der Waals surface area contributed by atoms with Crippen molar-refractivity contribution in [3.63, 3.8) is 0 Å². The Hall–Kier alpha value is -2.23. The molecule has 1 N–H and O–H groups in total. The van der Waals surface area contributed by atoms with Crippen LogP contribution in [0.1, 0.15) is 78.6 Å². The van der Waals surface area contributed by atoms with Crippen molar-refractivity contribution in [3.8, 4) is 0 Å². The minimum absolute atomic E-state index is 0.0500. The molecular formula is C30H51N9O4. The average molecular weight is 602 g/mol. The molecule has 0 radical (unpaired) electrons. The smallest absolute Gasteiger partial charge is 0.0637 e. The third-order valence-electron chi connectivity index (χ3n) is 12.0. The van der Waals surface area contributed by atoms with E-state index >= 15 is 0 Å². The van der Waals surface area contributed by atoms with E-state index in [1.807, 2.05) is 0 Å². The molecule has 13 heteroatoms. The average Bonchev–Trinajstić information content (AvgIpc) is 3.37. The van der Waals surface area contributed by atoms with Gasteiger partial charge in [-0.2, -0.15) is 0 Å². The molecule has 11 atom stereocenters. The molecule has 0 aromatic heterocycles. The number of fused-ring (bicyclic) bond motifs is 5. The lowest BCUT2D eigenvalue weighted by atomic mass is 9.43. The van der Waals surface area contributed by atoms with Crippen LogP contribution in [-0.4, -0.2) is 69.5 Å². The lowest BCUT2D eigenvalue weighted by Gasteiger charge is -2.64. The summed E-state index contributed by atoms with van der Waals surface area (Å²) in [6.07, 6.45) is 9.25. The van der Waals surface area contributed by atoms with Crippen LogP contribution < -0.4 is 0 Å². The molecule has 0 aromatic carbocycles. The molecule has 240 valence electrons. The summed E-state index contributed by atoms with van der Waals surface area (Å²) in [4.78, 5) is 8.72. The molecule has 43 heavy (non-hydrogen) atoms. The first-order valence-electron chi connectivity index (χ1n) is 16.3. The topological polar surface area (TPSA) is 194 Å². The summed E-state index contributed by atoms with van der Waals surface area (Å²) in [6, 6.07) is 0. The normalized spacial score (nSPS) is 38.8. The summed E-state index contributed by atoms with van der Waals surface area (Å²) < 4.78 is 19.6. The number of ether oxygens (including phenoxy) is 3. The van der Waals surface area contributed by atoms with Crippen LogP contribution in [0.2, 0.25) is 0 Å². The lowest BCUT2D eigenvalue weighted by Crippen LogP contribution is -2.63. The summed E-state index contributed by atoms with van der Waals surface area (Å²) in [5.41, 5.74) is 26.4. The van der Waals surface area contributed by atoms with Crippen molar-refractivity contribution >= 4 is 0 Å². The predicted molar refractivity (Wildman–Crippen MR) is 163 cm³/mol. The van der Waals surface area contributed by atoms with Crippen molar-refractivity contribution in [2.45, 2.75) is 96.9 Å². The van der Waals surface area contributed by atoms with Crippen molar-refractivity contribution in [2.24, 2.45) is 61.7 Å². The summed E-state index contributed by atoms with van der Waals surface area (Å²) in [6.45, 7) is 9.75. The molecule has 0 spiro atoms. The fourth-order valence-corrected chi connectivity index (χ4v) is 10.1. The molecule has 0 aromatic rings. The predicted octanol–water partition coefficient (Wildman–Crippen LogP) is 7.36. The highest BCUT2D eigenvalue weighted by Crippen LogP contribution is 2.69. The van der Waals surface area contributed by atoms with E-state index in [9.17, 15) is 5.11 Å². The van der Waals surface area contributed by atoms with Gasteiger partial charge in [0.25, 0.3) is 0 Å². The molecule has 4 rings (SSSR count). The fraction of sp³-hybridized carbons (Fsp3) is 1.00. The van der Waals surface area contributed by atoms with Gasteiger partial charge in [-0.15, -0.1) is 0 Å². The first kappa shape index (κ1) is 33.7. The van der Waals surface area contributed by atoms with Gasteiger partial charge in [0.2, 0.25) is 0 Å². The fourth-order valence-electron chi connectivity index (χ4n) is 10.1. The summed E-state index contributed by atoms with van der Waals surface area (Å²) >= 11 is 0. The molecule has 0 bridgehead atoms. The third-order valence-corrected chi connectivity index (χ3v) is 12.0.